The average molecular weight is 320 g/mol. The van der Waals surface area contributed by atoms with Gasteiger partial charge in [0.2, 0.25) is 0 Å². The highest BCUT2D eigenvalue weighted by molar-refractivity contribution is 5.95. The Balaban J connectivity index is 2.06. The first-order valence-corrected chi connectivity index (χ1v) is 8.10. The van der Waals surface area contributed by atoms with E-state index >= 15 is 0 Å². The number of nitrogens with one attached hydrogen (secondary N) is 1. The molecule has 2 N–H and O–H groups in total. The molecule has 0 aromatic carbocycles. The monoisotopic (exact) mass is 320 g/mol. The molecular formula is C17H24N2O4. The van der Waals surface area contributed by atoms with Crippen LogP contribution in [0.2, 0.25) is 0 Å². The molecule has 0 bridgehead atoms. The lowest BCUT2D eigenvalue weighted by atomic mass is 9.58. The van der Waals surface area contributed by atoms with Crippen LogP contribution in [0, 0.1) is 5.41 Å². The van der Waals surface area contributed by atoms with Crippen LogP contribution in [0.15, 0.2) is 18.3 Å². The van der Waals surface area contributed by atoms with Gasteiger partial charge >= 0.3 is 5.97 Å². The predicted molar refractivity (Wildman–Crippen MR) is 85.5 cm³/mol. The van der Waals surface area contributed by atoms with Crippen LogP contribution in [0.5, 0.6) is 0 Å². The van der Waals surface area contributed by atoms with Crippen molar-refractivity contribution in [2.24, 2.45) is 5.41 Å². The molecule has 1 aromatic heterocycles. The maximum Gasteiger partial charge on any atom is 0.354 e. The summed E-state index contributed by atoms with van der Waals surface area (Å²) < 4.78 is 5.81. The van der Waals surface area contributed by atoms with E-state index in [-0.39, 0.29) is 29.2 Å². The van der Waals surface area contributed by atoms with Crippen LogP contribution in [-0.4, -0.2) is 40.7 Å². The van der Waals surface area contributed by atoms with E-state index in [9.17, 15) is 9.59 Å². The summed E-state index contributed by atoms with van der Waals surface area (Å²) in [6, 6.07) is 2.90. The second kappa shape index (κ2) is 7.08. The second-order valence-electron chi connectivity index (χ2n) is 5.88. The number of ether oxygens (including phenoxy) is 1. The summed E-state index contributed by atoms with van der Waals surface area (Å²) in [5.74, 6) is -1.33. The first-order chi connectivity index (χ1) is 11.0. The number of aromatic carboxylic acids is 1. The van der Waals surface area contributed by atoms with E-state index in [1.165, 1.54) is 18.3 Å². The van der Waals surface area contributed by atoms with Crippen molar-refractivity contribution < 1.29 is 19.4 Å². The van der Waals surface area contributed by atoms with Gasteiger partial charge in [0, 0.05) is 24.3 Å². The average Bonchev–Trinajstić information content (AvgIpc) is 2.55. The minimum atomic E-state index is -1.11. The van der Waals surface area contributed by atoms with Crippen LogP contribution >= 0.6 is 0 Å². The van der Waals surface area contributed by atoms with E-state index in [0.717, 1.165) is 19.3 Å². The van der Waals surface area contributed by atoms with E-state index in [1.807, 2.05) is 6.92 Å². The number of carbonyl (C=O) groups excluding carboxylic acids is 1. The Labute approximate surface area is 136 Å². The maximum atomic E-state index is 12.4. The number of carboxylic acid groups (broad SMARTS) is 1. The van der Waals surface area contributed by atoms with E-state index in [1.54, 1.807) is 0 Å². The Bertz CT molecular complexity index is 566. The molecule has 2 atom stereocenters. The Morgan fingerprint density at radius 3 is 2.52 bits per heavy atom. The maximum absolute atomic E-state index is 12.4. The summed E-state index contributed by atoms with van der Waals surface area (Å²) in [6.07, 6.45) is 4.17. The van der Waals surface area contributed by atoms with Gasteiger partial charge in [-0.05, 0) is 38.3 Å². The molecule has 6 heteroatoms. The van der Waals surface area contributed by atoms with Crippen molar-refractivity contribution in [3.05, 3.63) is 29.6 Å². The van der Waals surface area contributed by atoms with E-state index in [4.69, 9.17) is 9.84 Å². The lowest BCUT2D eigenvalue weighted by Crippen LogP contribution is -2.64. The molecular weight excluding hydrogens is 296 g/mol. The summed E-state index contributed by atoms with van der Waals surface area (Å²) in [6.45, 7) is 6.90. The number of pyridine rings is 1. The zero-order valence-electron chi connectivity index (χ0n) is 13.8. The van der Waals surface area contributed by atoms with Gasteiger partial charge in [-0.15, -0.1) is 0 Å². The first-order valence-electron chi connectivity index (χ1n) is 8.10. The van der Waals surface area contributed by atoms with Crippen molar-refractivity contribution in [1.29, 1.82) is 0 Å². The molecule has 2 rings (SSSR count). The highest BCUT2D eigenvalue weighted by Gasteiger charge is 2.53. The molecule has 23 heavy (non-hydrogen) atoms. The fourth-order valence-corrected chi connectivity index (χ4v) is 3.48. The lowest BCUT2D eigenvalue weighted by molar-refractivity contribution is -0.134. The van der Waals surface area contributed by atoms with Gasteiger partial charge in [-0.2, -0.15) is 0 Å². The molecule has 1 saturated carbocycles. The van der Waals surface area contributed by atoms with Crippen molar-refractivity contribution in [3.8, 4) is 0 Å². The van der Waals surface area contributed by atoms with Gasteiger partial charge < -0.3 is 15.2 Å². The Kier molecular flexibility index (Phi) is 5.36. The predicted octanol–water partition coefficient (Wildman–Crippen LogP) is 2.49. The summed E-state index contributed by atoms with van der Waals surface area (Å²) in [7, 11) is 0. The van der Waals surface area contributed by atoms with Gasteiger partial charge in [0.15, 0.2) is 0 Å². The third-order valence-corrected chi connectivity index (χ3v) is 5.02. The smallest absolute Gasteiger partial charge is 0.354 e. The molecule has 0 radical (unpaired) electrons. The lowest BCUT2D eigenvalue weighted by Gasteiger charge is -2.55. The first kappa shape index (κ1) is 17.4. The Morgan fingerprint density at radius 2 is 2.04 bits per heavy atom. The largest absolute Gasteiger partial charge is 0.477 e. The molecule has 1 aromatic rings. The van der Waals surface area contributed by atoms with Gasteiger partial charge in [0.25, 0.3) is 5.91 Å². The number of rotatable bonds is 7. The van der Waals surface area contributed by atoms with Crippen molar-refractivity contribution in [2.75, 3.05) is 6.61 Å². The molecule has 1 amide bonds. The zero-order valence-corrected chi connectivity index (χ0v) is 13.8. The molecule has 0 aliphatic heterocycles. The number of hydrogen-bond acceptors (Lipinski definition) is 4. The highest BCUT2D eigenvalue weighted by Crippen LogP contribution is 2.48. The van der Waals surface area contributed by atoms with Gasteiger partial charge in [0.05, 0.1) is 11.7 Å². The third-order valence-electron chi connectivity index (χ3n) is 5.02. The molecule has 1 fully saturated rings. The van der Waals surface area contributed by atoms with E-state index in [0.29, 0.717) is 12.2 Å². The number of nitrogens with zero attached hydrogens (tertiary/aromatic N) is 1. The number of amides is 1. The van der Waals surface area contributed by atoms with Gasteiger partial charge in [0.1, 0.15) is 5.69 Å². The quantitative estimate of drug-likeness (QED) is 0.806. The van der Waals surface area contributed by atoms with E-state index < -0.39 is 5.97 Å². The number of carboxylic acids is 1. The van der Waals surface area contributed by atoms with Gasteiger partial charge in [-0.1, -0.05) is 13.8 Å². The molecule has 1 heterocycles. The molecule has 1 aliphatic rings. The van der Waals surface area contributed by atoms with Crippen LogP contribution in [0.25, 0.3) is 0 Å². The Hall–Kier alpha value is -1.95. The van der Waals surface area contributed by atoms with Crippen molar-refractivity contribution >= 4 is 11.9 Å². The minimum Gasteiger partial charge on any atom is -0.477 e. The molecule has 0 spiro atoms. The highest BCUT2D eigenvalue weighted by atomic mass is 16.5. The minimum absolute atomic E-state index is 0.0277. The summed E-state index contributed by atoms with van der Waals surface area (Å²) in [4.78, 5) is 27.0. The zero-order chi connectivity index (χ0) is 17.0. The topological polar surface area (TPSA) is 88.5 Å². The molecule has 0 saturated heterocycles. The number of carbonyl (C=O) groups is 2. The fraction of sp³-hybridized carbons (Fsp3) is 0.588. The normalized spacial score (nSPS) is 22.2. The molecule has 6 nitrogen and oxygen atoms in total. The number of aromatic nitrogens is 1. The summed E-state index contributed by atoms with van der Waals surface area (Å²) >= 11 is 0. The van der Waals surface area contributed by atoms with Crippen molar-refractivity contribution in [2.45, 2.75) is 52.2 Å². The van der Waals surface area contributed by atoms with Crippen LogP contribution < -0.4 is 5.32 Å². The summed E-state index contributed by atoms with van der Waals surface area (Å²) in [5.41, 5.74) is 0.272. The van der Waals surface area contributed by atoms with Crippen molar-refractivity contribution in [3.63, 3.8) is 0 Å². The Morgan fingerprint density at radius 1 is 1.35 bits per heavy atom. The number of hydrogen-bond donors (Lipinski definition) is 2. The standard InChI is InChI=1S/C17H24N2O4/c1-4-17(5-2)13(9-14(17)23-6-3)19-15(20)11-7-8-12(16(21)22)18-10-11/h7-8,10,13-14H,4-6,9H2,1-3H3,(H,19,20)(H,21,22). The van der Waals surface area contributed by atoms with E-state index in [2.05, 4.69) is 24.1 Å². The molecule has 1 aliphatic carbocycles. The fourth-order valence-electron chi connectivity index (χ4n) is 3.48. The van der Waals surface area contributed by atoms with Crippen molar-refractivity contribution in [1.82, 2.24) is 10.3 Å². The van der Waals surface area contributed by atoms with Crippen LogP contribution in [0.1, 0.15) is 60.9 Å². The molecule has 126 valence electrons. The summed E-state index contributed by atoms with van der Waals surface area (Å²) in [5, 5.41) is 11.9. The van der Waals surface area contributed by atoms with Gasteiger partial charge in [-0.25, -0.2) is 9.78 Å². The third kappa shape index (κ3) is 3.22. The van der Waals surface area contributed by atoms with Gasteiger partial charge in [-0.3, -0.25) is 4.79 Å². The SMILES string of the molecule is CCOC1CC(NC(=O)c2ccc(C(=O)O)nc2)C1(CC)CC. The second-order valence-corrected chi connectivity index (χ2v) is 5.88. The molecule has 2 unspecified atom stereocenters. The van der Waals surface area contributed by atoms with Crippen LogP contribution in [0.4, 0.5) is 0 Å². The van der Waals surface area contributed by atoms with Crippen LogP contribution in [-0.2, 0) is 4.74 Å². The van der Waals surface area contributed by atoms with Crippen LogP contribution in [0.3, 0.4) is 0 Å².